The molecule has 6 aromatic rings. The molecule has 2 aliphatic rings. The minimum Gasteiger partial charge on any atom is -1.00 e. The summed E-state index contributed by atoms with van der Waals surface area (Å²) in [6.07, 6.45) is 0. The first kappa shape index (κ1) is 34.3. The topological polar surface area (TPSA) is 70.9 Å². The quantitative estimate of drug-likeness (QED) is 0.177. The highest BCUT2D eigenvalue weighted by Gasteiger charge is 2.32. The summed E-state index contributed by atoms with van der Waals surface area (Å²) in [5.41, 5.74) is 10.5. The number of rotatable bonds is 6. The third-order valence-electron chi connectivity index (χ3n) is 7.46. The molecular weight excluding hydrogens is 775 g/mol. The third kappa shape index (κ3) is 7.92. The Bertz CT molecular complexity index is 1760. The van der Waals surface area contributed by atoms with Crippen LogP contribution in [0.3, 0.4) is 0 Å². The first-order valence-corrected chi connectivity index (χ1v) is 15.2. The number of anilines is 4. The van der Waals surface area contributed by atoms with Gasteiger partial charge in [0.1, 0.15) is 11.4 Å². The highest BCUT2D eigenvalue weighted by Crippen LogP contribution is 2.23. The predicted octanol–water partition coefficient (Wildman–Crippen LogP) is -0.455. The second-order valence-electron chi connectivity index (χ2n) is 10.6. The summed E-state index contributed by atoms with van der Waals surface area (Å²) in [5.74, 6) is 1.89. The van der Waals surface area contributed by atoms with Crippen molar-refractivity contribution in [1.82, 2.24) is 0 Å². The van der Waals surface area contributed by atoms with Gasteiger partial charge in [0.15, 0.2) is 0 Å². The molecule has 0 saturated heterocycles. The van der Waals surface area contributed by atoms with Crippen molar-refractivity contribution in [2.45, 2.75) is 0 Å². The van der Waals surface area contributed by atoms with Crippen molar-refractivity contribution in [1.29, 1.82) is 0 Å². The van der Waals surface area contributed by atoms with Crippen LogP contribution in [0.4, 0.5) is 22.7 Å². The summed E-state index contributed by atoms with van der Waals surface area (Å²) in [5, 5.41) is 17.6. The lowest BCUT2D eigenvalue weighted by Crippen LogP contribution is -3.00. The van der Waals surface area contributed by atoms with E-state index in [1.165, 1.54) is 0 Å². The lowest BCUT2D eigenvalue weighted by molar-refractivity contribution is -0.545. The van der Waals surface area contributed by atoms with Gasteiger partial charge in [-0.15, -0.1) is 20.5 Å². The zero-order valence-electron chi connectivity index (χ0n) is 25.9. The smallest absolute Gasteiger partial charge is 0.277 e. The van der Waals surface area contributed by atoms with Crippen molar-refractivity contribution < 1.29 is 51.8 Å². The van der Waals surface area contributed by atoms with Gasteiger partial charge in [0, 0.05) is 0 Å². The van der Waals surface area contributed by atoms with Crippen LogP contribution in [-0.2, 0) is 0 Å². The van der Waals surface area contributed by atoms with Gasteiger partial charge < -0.3 is 41.0 Å². The first-order valence-electron chi connectivity index (χ1n) is 15.2. The number of hydrazone groups is 2. The molecule has 4 N–H and O–H groups in total. The normalized spacial score (nSPS) is 13.4. The lowest BCUT2D eigenvalue weighted by atomic mass is 10.2. The number of benzene rings is 6. The van der Waals surface area contributed by atoms with Gasteiger partial charge in [0.05, 0.1) is 22.5 Å². The summed E-state index contributed by atoms with van der Waals surface area (Å²) in [6.45, 7) is 0. The number of halogens is 2. The monoisotopic (exact) mass is 808 g/mol. The highest BCUT2D eigenvalue weighted by molar-refractivity contribution is 5.94. The average Bonchev–Trinajstić information content (AvgIpc) is 3.81. The summed E-state index contributed by atoms with van der Waals surface area (Å²) in [6, 6.07) is 61.3. The molecular formula is C38H34BrIN8. The van der Waals surface area contributed by atoms with Crippen molar-refractivity contribution in [3.63, 3.8) is 0 Å². The van der Waals surface area contributed by atoms with Crippen molar-refractivity contribution in [2.75, 3.05) is 20.5 Å². The minimum atomic E-state index is 0. The van der Waals surface area contributed by atoms with E-state index in [2.05, 4.69) is 93.9 Å². The van der Waals surface area contributed by atoms with Crippen molar-refractivity contribution in [2.24, 2.45) is 10.2 Å². The van der Waals surface area contributed by atoms with Crippen LogP contribution in [0.2, 0.25) is 0 Å². The van der Waals surface area contributed by atoms with E-state index in [9.17, 15) is 0 Å². The van der Waals surface area contributed by atoms with E-state index in [1.807, 2.05) is 119 Å². The van der Waals surface area contributed by atoms with Crippen LogP contribution >= 0.6 is 0 Å². The number of quaternary nitrogens is 2. The van der Waals surface area contributed by atoms with Crippen LogP contribution in [0.5, 0.6) is 0 Å². The zero-order chi connectivity index (χ0) is 31.0. The number of hydrazine groups is 2. The molecule has 240 valence electrons. The Morgan fingerprint density at radius 1 is 0.333 bits per heavy atom. The van der Waals surface area contributed by atoms with Gasteiger partial charge >= 0.3 is 0 Å². The number of para-hydroxylation sites is 4. The van der Waals surface area contributed by atoms with Crippen molar-refractivity contribution in [3.8, 4) is 0 Å². The molecule has 0 atom stereocenters. The standard InChI is InChI=1S/2C19H16N4.BrH.HI/c2*1-4-10-16(11-5-1)19-20-22(17-12-6-2-7-13-17)23(21-19)18-14-8-3-9-15-18;;/h2*1-15H,(H,20,21);2*1H. The van der Waals surface area contributed by atoms with E-state index in [-0.39, 0.29) is 41.0 Å². The molecule has 0 spiro atoms. The minimum absolute atomic E-state index is 0. The zero-order valence-corrected chi connectivity index (χ0v) is 29.7. The van der Waals surface area contributed by atoms with Crippen LogP contribution in [0, 0.1) is 0 Å². The highest BCUT2D eigenvalue weighted by atomic mass is 127. The molecule has 0 bridgehead atoms. The number of nitrogens with zero attached hydrogens (tertiary/aromatic N) is 6. The molecule has 8 nitrogen and oxygen atoms in total. The Hall–Kier alpha value is -5.01. The fourth-order valence-electron chi connectivity index (χ4n) is 5.19. The summed E-state index contributed by atoms with van der Waals surface area (Å²) in [7, 11) is 0. The molecule has 48 heavy (non-hydrogen) atoms. The largest absolute Gasteiger partial charge is 1.00 e. The van der Waals surface area contributed by atoms with Gasteiger partial charge in [0.2, 0.25) is 0 Å². The second-order valence-corrected chi connectivity index (χ2v) is 10.6. The molecule has 0 amide bonds. The number of hydrogen-bond donors (Lipinski definition) is 2. The maximum absolute atomic E-state index is 4.81. The maximum Gasteiger partial charge on any atom is 0.277 e. The summed E-state index contributed by atoms with van der Waals surface area (Å²) < 4.78 is 0. The van der Waals surface area contributed by atoms with E-state index in [0.717, 1.165) is 45.5 Å². The molecule has 0 radical (unpaired) electrons. The van der Waals surface area contributed by atoms with Gasteiger partial charge in [-0.05, 0) is 72.8 Å². The molecule has 0 saturated carbocycles. The van der Waals surface area contributed by atoms with Crippen LogP contribution < -0.4 is 72.3 Å². The Balaban J connectivity index is 0.000000180. The Morgan fingerprint density at radius 2 is 0.583 bits per heavy atom. The molecule has 0 unspecified atom stereocenters. The first-order chi connectivity index (χ1) is 22.8. The Kier molecular flexibility index (Phi) is 11.9. The summed E-state index contributed by atoms with van der Waals surface area (Å²) >= 11 is 0. The van der Waals surface area contributed by atoms with E-state index in [4.69, 9.17) is 10.2 Å². The van der Waals surface area contributed by atoms with Gasteiger partial charge in [-0.3, -0.25) is 0 Å². The van der Waals surface area contributed by atoms with Crippen LogP contribution in [0.1, 0.15) is 11.1 Å². The molecule has 8 rings (SSSR count). The van der Waals surface area contributed by atoms with Crippen molar-refractivity contribution in [3.05, 3.63) is 193 Å². The molecule has 0 aliphatic carbocycles. The average molecular weight is 810 g/mol. The van der Waals surface area contributed by atoms with E-state index in [1.54, 1.807) is 0 Å². The van der Waals surface area contributed by atoms with E-state index < -0.39 is 0 Å². The fourth-order valence-corrected chi connectivity index (χ4v) is 5.19. The van der Waals surface area contributed by atoms with Crippen LogP contribution in [-0.4, -0.2) is 11.7 Å². The number of hydrogen-bond acceptors (Lipinski definition) is 6. The second kappa shape index (κ2) is 16.7. The van der Waals surface area contributed by atoms with Crippen molar-refractivity contribution >= 4 is 34.4 Å². The lowest BCUT2D eigenvalue weighted by Gasteiger charge is -2.23. The van der Waals surface area contributed by atoms with Crippen LogP contribution in [0.25, 0.3) is 0 Å². The third-order valence-corrected chi connectivity index (χ3v) is 7.46. The molecule has 10 heteroatoms. The Morgan fingerprint density at radius 3 is 0.875 bits per heavy atom. The van der Waals surface area contributed by atoms with Gasteiger partial charge in [-0.2, -0.15) is 10.9 Å². The predicted molar refractivity (Wildman–Crippen MR) is 185 cm³/mol. The molecule has 2 aliphatic heterocycles. The Labute approximate surface area is 308 Å². The maximum atomic E-state index is 4.81. The van der Waals surface area contributed by atoms with Gasteiger partial charge in [-0.25, -0.2) is 0 Å². The van der Waals surface area contributed by atoms with Gasteiger partial charge in [-0.1, -0.05) is 119 Å². The SMILES string of the molecule is [Br-].[I-].c1ccc(C2=NN(c3ccccc3)N(c3ccccc3)[NH2+]2)cc1.c1ccc(C2=NN(c3ccccc3)N(c3ccccc3)[NH2+]2)cc1. The van der Waals surface area contributed by atoms with Gasteiger partial charge in [0.25, 0.3) is 11.7 Å². The molecule has 0 fully saturated rings. The van der Waals surface area contributed by atoms with Crippen LogP contribution in [0.15, 0.2) is 192 Å². The van der Waals surface area contributed by atoms with E-state index in [0.29, 0.717) is 0 Å². The molecule has 6 aromatic carbocycles. The summed E-state index contributed by atoms with van der Waals surface area (Å²) in [4.78, 5) is 0. The molecule has 2 heterocycles. The fraction of sp³-hybridized carbons (Fsp3) is 0. The van der Waals surface area contributed by atoms with E-state index >= 15 is 0 Å². The number of nitrogens with two attached hydrogens (primary N) is 2. The number of amidine groups is 2. The molecule has 0 aromatic heterocycles.